The highest BCUT2D eigenvalue weighted by molar-refractivity contribution is 5.87. The smallest absolute Gasteiger partial charge is 0.271 e. The quantitative estimate of drug-likeness (QED) is 0.700. The van der Waals surface area contributed by atoms with E-state index in [1.165, 1.54) is 10.8 Å². The van der Waals surface area contributed by atoms with Crippen molar-refractivity contribution in [2.24, 2.45) is 4.99 Å². The molecule has 28 heavy (non-hydrogen) atoms. The first-order valence-corrected chi connectivity index (χ1v) is 8.94. The maximum absolute atomic E-state index is 12.7. The molecule has 0 fully saturated rings. The number of rotatable bonds is 4. The molecule has 0 saturated carbocycles. The lowest BCUT2D eigenvalue weighted by atomic mass is 10.1. The molecule has 0 radical (unpaired) electrons. The molecule has 0 amide bonds. The lowest BCUT2D eigenvalue weighted by molar-refractivity contribution is 0.413. The molecule has 5 nitrogen and oxygen atoms in total. The van der Waals surface area contributed by atoms with Gasteiger partial charge in [0.2, 0.25) is 5.88 Å². The van der Waals surface area contributed by atoms with Gasteiger partial charge in [0.1, 0.15) is 11.6 Å². The minimum Gasteiger partial charge on any atom is -0.494 e. The van der Waals surface area contributed by atoms with Crippen molar-refractivity contribution in [2.75, 3.05) is 0 Å². The second-order valence-corrected chi connectivity index (χ2v) is 6.77. The summed E-state index contributed by atoms with van der Waals surface area (Å²) in [4.78, 5) is 17.2. The van der Waals surface area contributed by atoms with Crippen LogP contribution in [0, 0.1) is 32.1 Å². The van der Waals surface area contributed by atoms with Crippen LogP contribution in [0.2, 0.25) is 0 Å². The topological polar surface area (TPSA) is 78.4 Å². The Labute approximate surface area is 163 Å². The van der Waals surface area contributed by atoms with Gasteiger partial charge in [0.25, 0.3) is 5.56 Å². The molecule has 1 N–H and O–H groups in total. The zero-order valence-electron chi connectivity index (χ0n) is 16.1. The van der Waals surface area contributed by atoms with Crippen molar-refractivity contribution in [2.45, 2.75) is 27.3 Å². The third-order valence-corrected chi connectivity index (χ3v) is 4.73. The first kappa shape index (κ1) is 19.1. The van der Waals surface area contributed by atoms with Crippen molar-refractivity contribution < 1.29 is 5.11 Å². The second-order valence-electron chi connectivity index (χ2n) is 6.77. The summed E-state index contributed by atoms with van der Waals surface area (Å²) < 4.78 is 1.21. The van der Waals surface area contributed by atoms with Crippen molar-refractivity contribution in [3.63, 3.8) is 0 Å². The van der Waals surface area contributed by atoms with Gasteiger partial charge in [-0.3, -0.25) is 14.4 Å². The maximum Gasteiger partial charge on any atom is 0.271 e. The summed E-state index contributed by atoms with van der Waals surface area (Å²) in [5.74, 6) is -0.195. The number of hydrogen-bond donors (Lipinski definition) is 1. The van der Waals surface area contributed by atoms with Gasteiger partial charge < -0.3 is 5.11 Å². The standard InChI is InChI=1S/C23H21N3O2/c1-15-9-10-16(2)21(11-15)25-13-20-17(3)19(12-24)22(27)26(23(20)28)14-18-7-5-4-6-8-18/h4-11,13,28H,14H2,1-3H3. The highest BCUT2D eigenvalue weighted by atomic mass is 16.3. The summed E-state index contributed by atoms with van der Waals surface area (Å²) in [6.45, 7) is 5.76. The van der Waals surface area contributed by atoms with Gasteiger partial charge in [-0.1, -0.05) is 42.5 Å². The molecule has 0 aliphatic carbocycles. The van der Waals surface area contributed by atoms with Crippen LogP contribution in [0.5, 0.6) is 5.88 Å². The highest BCUT2D eigenvalue weighted by Gasteiger charge is 2.18. The van der Waals surface area contributed by atoms with Crippen molar-refractivity contribution >= 4 is 11.9 Å². The summed E-state index contributed by atoms with van der Waals surface area (Å²) in [6.07, 6.45) is 1.52. The van der Waals surface area contributed by atoms with E-state index in [9.17, 15) is 15.2 Å². The number of hydrogen-bond acceptors (Lipinski definition) is 4. The number of nitrogens with zero attached hydrogens (tertiary/aromatic N) is 3. The van der Waals surface area contributed by atoms with E-state index in [2.05, 4.69) is 4.99 Å². The van der Waals surface area contributed by atoms with Crippen LogP contribution in [0.15, 0.2) is 58.3 Å². The summed E-state index contributed by atoms with van der Waals surface area (Å²) in [7, 11) is 0. The van der Waals surface area contributed by atoms with Gasteiger partial charge in [0.15, 0.2) is 0 Å². The Hall–Kier alpha value is -3.65. The predicted octanol–water partition coefficient (Wildman–Crippen LogP) is 4.15. The molecule has 2 aromatic carbocycles. The van der Waals surface area contributed by atoms with E-state index in [4.69, 9.17) is 0 Å². The maximum atomic E-state index is 12.7. The van der Waals surface area contributed by atoms with Crippen molar-refractivity contribution in [3.8, 4) is 11.9 Å². The summed E-state index contributed by atoms with van der Waals surface area (Å²) in [6, 6.07) is 17.2. The van der Waals surface area contributed by atoms with Crippen LogP contribution in [0.25, 0.3) is 0 Å². The third-order valence-electron chi connectivity index (χ3n) is 4.73. The fraction of sp³-hybridized carbons (Fsp3) is 0.174. The highest BCUT2D eigenvalue weighted by Crippen LogP contribution is 2.24. The Morgan fingerprint density at radius 1 is 1.14 bits per heavy atom. The average Bonchev–Trinajstić information content (AvgIpc) is 2.69. The van der Waals surface area contributed by atoms with Crippen molar-refractivity contribution in [1.82, 2.24) is 4.57 Å². The van der Waals surface area contributed by atoms with E-state index in [1.807, 2.05) is 68.4 Å². The molecule has 0 saturated heterocycles. The van der Waals surface area contributed by atoms with Crippen LogP contribution >= 0.6 is 0 Å². The monoisotopic (exact) mass is 371 g/mol. The fourth-order valence-electron chi connectivity index (χ4n) is 3.03. The third kappa shape index (κ3) is 3.72. The van der Waals surface area contributed by atoms with Gasteiger partial charge in [0, 0.05) is 6.21 Å². The Morgan fingerprint density at radius 3 is 2.54 bits per heavy atom. The molecule has 0 aliphatic heterocycles. The molecule has 0 atom stereocenters. The average molecular weight is 371 g/mol. The molecular weight excluding hydrogens is 350 g/mol. The zero-order chi connectivity index (χ0) is 20.3. The number of aromatic hydroxyl groups is 1. The molecule has 0 unspecified atom stereocenters. The van der Waals surface area contributed by atoms with Crippen LogP contribution < -0.4 is 5.56 Å². The predicted molar refractivity (Wildman–Crippen MR) is 111 cm³/mol. The van der Waals surface area contributed by atoms with Gasteiger partial charge in [-0.15, -0.1) is 0 Å². The summed E-state index contributed by atoms with van der Waals surface area (Å²) in [5.41, 5.74) is 3.99. The Kier molecular flexibility index (Phi) is 5.42. The van der Waals surface area contributed by atoms with Crippen LogP contribution in [0.4, 0.5) is 5.69 Å². The van der Waals surface area contributed by atoms with E-state index in [0.29, 0.717) is 11.1 Å². The van der Waals surface area contributed by atoms with Crippen LogP contribution in [0.3, 0.4) is 0 Å². The van der Waals surface area contributed by atoms with Crippen molar-refractivity contribution in [3.05, 3.63) is 92.3 Å². The molecule has 1 heterocycles. The van der Waals surface area contributed by atoms with E-state index in [0.717, 1.165) is 22.4 Å². The Bertz CT molecular complexity index is 1150. The first-order chi connectivity index (χ1) is 13.4. The molecule has 1 aromatic heterocycles. The van der Waals surface area contributed by atoms with Crippen LogP contribution in [-0.4, -0.2) is 15.9 Å². The molecule has 3 rings (SSSR count). The molecule has 0 bridgehead atoms. The molecule has 140 valence electrons. The van der Waals surface area contributed by atoms with E-state index >= 15 is 0 Å². The fourth-order valence-corrected chi connectivity index (χ4v) is 3.03. The van der Waals surface area contributed by atoms with Gasteiger partial charge in [-0.2, -0.15) is 5.26 Å². The Morgan fingerprint density at radius 2 is 1.86 bits per heavy atom. The van der Waals surface area contributed by atoms with Gasteiger partial charge >= 0.3 is 0 Å². The minimum absolute atomic E-state index is 0.0103. The number of pyridine rings is 1. The lowest BCUT2D eigenvalue weighted by Gasteiger charge is -2.14. The largest absolute Gasteiger partial charge is 0.494 e. The van der Waals surface area contributed by atoms with E-state index in [1.54, 1.807) is 6.92 Å². The lowest BCUT2D eigenvalue weighted by Crippen LogP contribution is -2.25. The van der Waals surface area contributed by atoms with Crippen molar-refractivity contribution in [1.29, 1.82) is 5.26 Å². The number of aromatic nitrogens is 1. The zero-order valence-corrected chi connectivity index (χ0v) is 16.1. The van der Waals surface area contributed by atoms with Gasteiger partial charge in [-0.05, 0) is 49.1 Å². The van der Waals surface area contributed by atoms with E-state index in [-0.39, 0.29) is 18.0 Å². The number of benzene rings is 2. The normalized spacial score (nSPS) is 10.9. The molecular formula is C23H21N3O2. The van der Waals surface area contributed by atoms with E-state index < -0.39 is 5.56 Å². The number of aryl methyl sites for hydroxylation is 2. The summed E-state index contributed by atoms with van der Waals surface area (Å²) in [5, 5.41) is 20.3. The molecule has 5 heteroatoms. The molecule has 0 aliphatic rings. The number of aliphatic imine (C=N–C) groups is 1. The molecule has 3 aromatic rings. The van der Waals surface area contributed by atoms with Gasteiger partial charge in [0.05, 0.1) is 17.8 Å². The van der Waals surface area contributed by atoms with Crippen LogP contribution in [0.1, 0.15) is 33.4 Å². The Balaban J connectivity index is 2.14. The molecule has 0 spiro atoms. The SMILES string of the molecule is Cc1ccc(C)c(N=Cc2c(C)c(C#N)c(=O)n(Cc3ccccc3)c2O)c1. The minimum atomic E-state index is -0.509. The number of nitriles is 1. The van der Waals surface area contributed by atoms with Crippen LogP contribution in [-0.2, 0) is 6.54 Å². The summed E-state index contributed by atoms with van der Waals surface area (Å²) >= 11 is 0. The van der Waals surface area contributed by atoms with Gasteiger partial charge in [-0.25, -0.2) is 0 Å². The second kappa shape index (κ2) is 7.93. The first-order valence-electron chi connectivity index (χ1n) is 8.94.